The topological polar surface area (TPSA) is 48.3 Å². The van der Waals surface area contributed by atoms with Gasteiger partial charge in [0.2, 0.25) is 0 Å². The molecular formula is C13H17NO3. The Morgan fingerprint density at radius 2 is 2.12 bits per heavy atom. The average Bonchev–Trinajstić information content (AvgIpc) is 2.58. The van der Waals surface area contributed by atoms with E-state index in [4.69, 9.17) is 4.74 Å². The predicted octanol–water partition coefficient (Wildman–Crippen LogP) is 1.53. The maximum absolute atomic E-state index is 12.0. The van der Waals surface area contributed by atoms with E-state index < -0.39 is 0 Å². The molecule has 0 unspecified atom stereocenters. The van der Waals surface area contributed by atoms with Gasteiger partial charge < -0.3 is 9.30 Å². The molecule has 0 saturated heterocycles. The molecule has 0 aromatic carbocycles. The zero-order chi connectivity index (χ0) is 12.8. The second-order valence-corrected chi connectivity index (χ2v) is 5.41. The molecule has 92 valence electrons. The minimum Gasteiger partial charge on any atom is -0.465 e. The van der Waals surface area contributed by atoms with E-state index in [0.29, 0.717) is 17.7 Å². The monoisotopic (exact) mass is 235 g/mol. The van der Waals surface area contributed by atoms with Gasteiger partial charge in [0, 0.05) is 17.8 Å². The van der Waals surface area contributed by atoms with Gasteiger partial charge in [0.25, 0.3) is 5.56 Å². The normalized spacial score (nSPS) is 16.7. The maximum atomic E-state index is 12.0. The molecule has 1 aliphatic rings. The summed E-state index contributed by atoms with van der Waals surface area (Å²) in [5, 5.41) is 0. The standard InChI is InChI=1S/C13H17NO3/c1-8-5-9(12(16)17-4)10-6-13(2,3)7-14(10)11(8)15/h5H,6-7H2,1-4H3. The number of fused-ring (bicyclic) bond motifs is 1. The third-order valence-electron chi connectivity index (χ3n) is 3.22. The smallest absolute Gasteiger partial charge is 0.339 e. The van der Waals surface area contributed by atoms with Crippen LogP contribution >= 0.6 is 0 Å². The molecule has 0 atom stereocenters. The van der Waals surface area contributed by atoms with Crippen molar-refractivity contribution in [3.63, 3.8) is 0 Å². The molecule has 0 fully saturated rings. The van der Waals surface area contributed by atoms with Crippen molar-refractivity contribution in [3.8, 4) is 0 Å². The Hall–Kier alpha value is -1.58. The van der Waals surface area contributed by atoms with E-state index in [1.54, 1.807) is 17.6 Å². The first-order valence-electron chi connectivity index (χ1n) is 5.67. The van der Waals surface area contributed by atoms with E-state index in [2.05, 4.69) is 13.8 Å². The third-order valence-corrected chi connectivity index (χ3v) is 3.22. The highest BCUT2D eigenvalue weighted by Crippen LogP contribution is 2.32. The number of carbonyl (C=O) groups excluding carboxylic acids is 1. The van der Waals surface area contributed by atoms with Crippen molar-refractivity contribution in [2.24, 2.45) is 5.41 Å². The van der Waals surface area contributed by atoms with Crippen LogP contribution in [0.15, 0.2) is 10.9 Å². The Morgan fingerprint density at radius 1 is 1.47 bits per heavy atom. The van der Waals surface area contributed by atoms with Gasteiger partial charge in [-0.25, -0.2) is 4.79 Å². The van der Waals surface area contributed by atoms with Crippen LogP contribution in [-0.4, -0.2) is 17.6 Å². The van der Waals surface area contributed by atoms with Gasteiger partial charge in [-0.1, -0.05) is 13.8 Å². The number of methoxy groups -OCH3 is 1. The van der Waals surface area contributed by atoms with Crippen molar-refractivity contribution in [3.05, 3.63) is 33.2 Å². The molecule has 1 aromatic rings. The van der Waals surface area contributed by atoms with Crippen LogP contribution in [0.3, 0.4) is 0 Å². The van der Waals surface area contributed by atoms with Crippen molar-refractivity contribution in [2.75, 3.05) is 7.11 Å². The summed E-state index contributed by atoms with van der Waals surface area (Å²) in [5.41, 5.74) is 1.93. The van der Waals surface area contributed by atoms with Gasteiger partial charge in [-0.05, 0) is 24.8 Å². The number of esters is 1. The average molecular weight is 235 g/mol. The van der Waals surface area contributed by atoms with E-state index >= 15 is 0 Å². The number of ether oxygens (including phenoxy) is 1. The first kappa shape index (κ1) is 11.9. The summed E-state index contributed by atoms with van der Waals surface area (Å²) in [7, 11) is 1.36. The summed E-state index contributed by atoms with van der Waals surface area (Å²) in [4.78, 5) is 23.7. The number of aryl methyl sites for hydroxylation is 1. The quantitative estimate of drug-likeness (QED) is 0.693. The summed E-state index contributed by atoms with van der Waals surface area (Å²) in [6.45, 7) is 6.58. The zero-order valence-corrected chi connectivity index (χ0v) is 10.7. The van der Waals surface area contributed by atoms with E-state index in [1.165, 1.54) is 7.11 Å². The summed E-state index contributed by atoms with van der Waals surface area (Å²) in [5.74, 6) is -0.366. The summed E-state index contributed by atoms with van der Waals surface area (Å²) in [6.07, 6.45) is 0.729. The van der Waals surface area contributed by atoms with Crippen molar-refractivity contribution < 1.29 is 9.53 Å². The molecule has 1 aromatic heterocycles. The summed E-state index contributed by atoms with van der Waals surface area (Å²) < 4.78 is 6.48. The molecule has 2 rings (SSSR count). The van der Waals surface area contributed by atoms with Gasteiger partial charge in [0.1, 0.15) is 0 Å². The molecule has 0 N–H and O–H groups in total. The minimum atomic E-state index is -0.366. The molecule has 0 bridgehead atoms. The molecule has 0 saturated carbocycles. The van der Waals surface area contributed by atoms with Crippen LogP contribution in [-0.2, 0) is 17.7 Å². The highest BCUT2D eigenvalue weighted by Gasteiger charge is 2.33. The van der Waals surface area contributed by atoms with Crippen LogP contribution < -0.4 is 5.56 Å². The Balaban J connectivity index is 2.67. The van der Waals surface area contributed by atoms with Gasteiger partial charge in [-0.2, -0.15) is 0 Å². The Kier molecular flexibility index (Phi) is 2.60. The molecule has 4 nitrogen and oxygen atoms in total. The van der Waals surface area contributed by atoms with Crippen LogP contribution in [0.1, 0.15) is 35.5 Å². The fourth-order valence-corrected chi connectivity index (χ4v) is 2.42. The summed E-state index contributed by atoms with van der Waals surface area (Å²) in [6, 6.07) is 1.64. The van der Waals surface area contributed by atoms with Crippen LogP contribution in [0.5, 0.6) is 0 Å². The fraction of sp³-hybridized carbons (Fsp3) is 0.538. The van der Waals surface area contributed by atoms with Crippen LogP contribution in [0.25, 0.3) is 0 Å². The SMILES string of the molecule is COC(=O)c1cc(C)c(=O)n2c1CC(C)(C)C2. The number of pyridine rings is 1. The van der Waals surface area contributed by atoms with Crippen LogP contribution in [0.4, 0.5) is 0 Å². The maximum Gasteiger partial charge on any atom is 0.339 e. The van der Waals surface area contributed by atoms with Crippen molar-refractivity contribution >= 4 is 5.97 Å². The van der Waals surface area contributed by atoms with Crippen molar-refractivity contribution in [1.29, 1.82) is 0 Å². The molecule has 4 heteroatoms. The first-order chi connectivity index (χ1) is 7.85. The van der Waals surface area contributed by atoms with E-state index in [9.17, 15) is 9.59 Å². The lowest BCUT2D eigenvalue weighted by atomic mass is 9.90. The summed E-state index contributed by atoms with van der Waals surface area (Å²) >= 11 is 0. The Bertz CT molecular complexity index is 540. The molecule has 1 aliphatic heterocycles. The Labute approximate surface area is 100 Å². The predicted molar refractivity (Wildman–Crippen MR) is 64.3 cm³/mol. The molecule has 0 spiro atoms. The lowest BCUT2D eigenvalue weighted by Crippen LogP contribution is -2.25. The second-order valence-electron chi connectivity index (χ2n) is 5.41. The van der Waals surface area contributed by atoms with Gasteiger partial charge in [-0.3, -0.25) is 4.79 Å². The van der Waals surface area contributed by atoms with Gasteiger partial charge in [0.15, 0.2) is 0 Å². The largest absolute Gasteiger partial charge is 0.465 e. The van der Waals surface area contributed by atoms with Crippen LogP contribution in [0, 0.1) is 12.3 Å². The molecule has 17 heavy (non-hydrogen) atoms. The number of rotatable bonds is 1. The lowest BCUT2D eigenvalue weighted by Gasteiger charge is -2.13. The fourth-order valence-electron chi connectivity index (χ4n) is 2.42. The highest BCUT2D eigenvalue weighted by molar-refractivity contribution is 5.90. The van der Waals surface area contributed by atoms with Crippen LogP contribution in [0.2, 0.25) is 0 Å². The van der Waals surface area contributed by atoms with E-state index in [0.717, 1.165) is 12.1 Å². The number of hydrogen-bond acceptors (Lipinski definition) is 3. The second kappa shape index (κ2) is 3.72. The van der Waals surface area contributed by atoms with E-state index in [1.807, 2.05) is 0 Å². The molecule has 0 aliphatic carbocycles. The van der Waals surface area contributed by atoms with Crippen molar-refractivity contribution in [2.45, 2.75) is 33.7 Å². The number of carbonyl (C=O) groups is 1. The number of nitrogens with zero attached hydrogens (tertiary/aromatic N) is 1. The third kappa shape index (κ3) is 1.88. The van der Waals surface area contributed by atoms with Crippen molar-refractivity contribution in [1.82, 2.24) is 4.57 Å². The molecule has 0 amide bonds. The zero-order valence-electron chi connectivity index (χ0n) is 10.7. The molecule has 0 radical (unpaired) electrons. The minimum absolute atomic E-state index is 0.00164. The molecule has 2 heterocycles. The number of hydrogen-bond donors (Lipinski definition) is 0. The highest BCUT2D eigenvalue weighted by atomic mass is 16.5. The Morgan fingerprint density at radius 3 is 2.71 bits per heavy atom. The number of aromatic nitrogens is 1. The van der Waals surface area contributed by atoms with E-state index in [-0.39, 0.29) is 16.9 Å². The molecular weight excluding hydrogens is 218 g/mol. The van der Waals surface area contributed by atoms with Gasteiger partial charge in [-0.15, -0.1) is 0 Å². The van der Waals surface area contributed by atoms with Gasteiger partial charge >= 0.3 is 5.97 Å². The first-order valence-corrected chi connectivity index (χ1v) is 5.67. The van der Waals surface area contributed by atoms with Gasteiger partial charge in [0.05, 0.1) is 12.7 Å². The lowest BCUT2D eigenvalue weighted by molar-refractivity contribution is 0.0598.